The molecule has 0 fully saturated rings. The highest BCUT2D eigenvalue weighted by Gasteiger charge is 2.20. The summed E-state index contributed by atoms with van der Waals surface area (Å²) in [7, 11) is 0. The highest BCUT2D eigenvalue weighted by molar-refractivity contribution is 9.10. The van der Waals surface area contributed by atoms with E-state index in [2.05, 4.69) is 40.1 Å². The Morgan fingerprint density at radius 2 is 2.00 bits per heavy atom. The molecule has 2 rings (SSSR count). The van der Waals surface area contributed by atoms with Crippen LogP contribution in [0.1, 0.15) is 35.9 Å². The van der Waals surface area contributed by atoms with Crippen molar-refractivity contribution in [2.75, 3.05) is 0 Å². The number of amides is 1. The van der Waals surface area contributed by atoms with Crippen LogP contribution < -0.4 is 5.32 Å². The summed E-state index contributed by atoms with van der Waals surface area (Å²) in [5.41, 5.74) is 1.52. The van der Waals surface area contributed by atoms with Gasteiger partial charge in [-0.2, -0.15) is 0 Å². The Balaban J connectivity index is 2.19. The number of carbonyl (C=O) groups excluding carboxylic acids is 1. The number of carbonyl (C=O) groups is 1. The molecule has 0 aliphatic rings. The number of nitrogens with one attached hydrogen (secondary N) is 1. The van der Waals surface area contributed by atoms with Gasteiger partial charge < -0.3 is 5.32 Å². The molecule has 1 unspecified atom stereocenters. The molecule has 0 saturated heterocycles. The smallest absolute Gasteiger partial charge is 0.251 e. The average Bonchev–Trinajstić information content (AvgIpc) is 2.45. The fourth-order valence-electron chi connectivity index (χ4n) is 2.00. The third-order valence-electron chi connectivity index (χ3n) is 3.05. The van der Waals surface area contributed by atoms with Crippen LogP contribution in [0.25, 0.3) is 0 Å². The van der Waals surface area contributed by atoms with Gasteiger partial charge in [-0.3, -0.25) is 9.78 Å². The minimum atomic E-state index is -0.0947. The molecule has 1 amide bonds. The zero-order chi connectivity index (χ0) is 14.5. The summed E-state index contributed by atoms with van der Waals surface area (Å²) in [5.74, 6) is 0.177. The standard InChI is InChI=1S/C16H17BrN2O/c1-11(2)15(14-8-3-4-9-18-14)19-16(20)12-6-5-7-13(17)10-12/h3-11,15H,1-2H3,(H,19,20). The first kappa shape index (κ1) is 14.7. The molecule has 0 spiro atoms. The molecular formula is C16H17BrN2O. The molecule has 1 atom stereocenters. The van der Waals surface area contributed by atoms with Gasteiger partial charge in [0.2, 0.25) is 0 Å². The van der Waals surface area contributed by atoms with Gasteiger partial charge in [0, 0.05) is 16.2 Å². The highest BCUT2D eigenvalue weighted by atomic mass is 79.9. The zero-order valence-corrected chi connectivity index (χ0v) is 13.1. The molecule has 0 saturated carbocycles. The Bertz CT molecular complexity index is 584. The second-order valence-electron chi connectivity index (χ2n) is 4.96. The number of hydrogen-bond acceptors (Lipinski definition) is 2. The van der Waals surface area contributed by atoms with Crippen molar-refractivity contribution in [3.8, 4) is 0 Å². The normalized spacial score (nSPS) is 12.2. The summed E-state index contributed by atoms with van der Waals surface area (Å²) < 4.78 is 0.893. The molecule has 1 N–H and O–H groups in total. The lowest BCUT2D eigenvalue weighted by atomic mass is 10.00. The Hall–Kier alpha value is -1.68. The first-order valence-corrected chi connectivity index (χ1v) is 7.34. The van der Waals surface area contributed by atoms with E-state index in [1.807, 2.05) is 36.4 Å². The van der Waals surface area contributed by atoms with Gasteiger partial charge in [-0.15, -0.1) is 0 Å². The molecule has 104 valence electrons. The van der Waals surface area contributed by atoms with E-state index in [4.69, 9.17) is 0 Å². The van der Waals surface area contributed by atoms with Crippen LogP contribution in [0.15, 0.2) is 53.1 Å². The van der Waals surface area contributed by atoms with E-state index >= 15 is 0 Å². The number of nitrogens with zero attached hydrogens (tertiary/aromatic N) is 1. The van der Waals surface area contributed by atoms with E-state index < -0.39 is 0 Å². The summed E-state index contributed by atoms with van der Waals surface area (Å²) in [6.45, 7) is 4.14. The van der Waals surface area contributed by atoms with Gasteiger partial charge in [0.1, 0.15) is 0 Å². The molecule has 2 aromatic rings. The zero-order valence-electron chi connectivity index (χ0n) is 11.5. The summed E-state index contributed by atoms with van der Waals surface area (Å²) in [4.78, 5) is 16.7. The summed E-state index contributed by atoms with van der Waals surface area (Å²) in [6, 6.07) is 13.0. The minimum absolute atomic E-state index is 0.0874. The van der Waals surface area contributed by atoms with Gasteiger partial charge in [-0.25, -0.2) is 0 Å². The lowest BCUT2D eigenvalue weighted by Crippen LogP contribution is -2.32. The Morgan fingerprint density at radius 3 is 2.60 bits per heavy atom. The fourth-order valence-corrected chi connectivity index (χ4v) is 2.40. The first-order chi connectivity index (χ1) is 9.58. The molecule has 4 heteroatoms. The third-order valence-corrected chi connectivity index (χ3v) is 3.54. The molecule has 0 bridgehead atoms. The molecule has 3 nitrogen and oxygen atoms in total. The van der Waals surface area contributed by atoms with Crippen molar-refractivity contribution in [2.24, 2.45) is 5.92 Å². The van der Waals surface area contributed by atoms with Crippen LogP contribution in [-0.2, 0) is 0 Å². The Labute approximate surface area is 127 Å². The maximum atomic E-state index is 12.3. The number of halogens is 1. The molecule has 1 aromatic carbocycles. The van der Waals surface area contributed by atoms with Crippen molar-refractivity contribution in [2.45, 2.75) is 19.9 Å². The van der Waals surface area contributed by atoms with Gasteiger partial charge in [0.15, 0.2) is 0 Å². The largest absolute Gasteiger partial charge is 0.343 e. The van der Waals surface area contributed by atoms with Crippen molar-refractivity contribution in [1.29, 1.82) is 0 Å². The van der Waals surface area contributed by atoms with Gasteiger partial charge in [0.25, 0.3) is 5.91 Å². The average molecular weight is 333 g/mol. The molecule has 0 aliphatic heterocycles. The van der Waals surface area contributed by atoms with Crippen LogP contribution in [0, 0.1) is 5.92 Å². The lowest BCUT2D eigenvalue weighted by Gasteiger charge is -2.22. The number of aromatic nitrogens is 1. The van der Waals surface area contributed by atoms with Crippen molar-refractivity contribution < 1.29 is 4.79 Å². The van der Waals surface area contributed by atoms with Gasteiger partial charge in [-0.1, -0.05) is 41.9 Å². The Kier molecular flexibility index (Phi) is 4.90. The fraction of sp³-hybridized carbons (Fsp3) is 0.250. The molecule has 0 radical (unpaired) electrons. The Morgan fingerprint density at radius 1 is 1.20 bits per heavy atom. The lowest BCUT2D eigenvalue weighted by molar-refractivity contribution is 0.0924. The van der Waals surface area contributed by atoms with Crippen molar-refractivity contribution >= 4 is 21.8 Å². The molecule has 1 heterocycles. The molecular weight excluding hydrogens is 316 g/mol. The number of benzene rings is 1. The second kappa shape index (κ2) is 6.66. The monoisotopic (exact) mass is 332 g/mol. The van der Waals surface area contributed by atoms with E-state index in [9.17, 15) is 4.79 Å². The van der Waals surface area contributed by atoms with Crippen LogP contribution >= 0.6 is 15.9 Å². The number of rotatable bonds is 4. The quantitative estimate of drug-likeness (QED) is 0.920. The molecule has 0 aliphatic carbocycles. The molecule has 20 heavy (non-hydrogen) atoms. The minimum Gasteiger partial charge on any atom is -0.343 e. The van der Waals surface area contributed by atoms with E-state index in [-0.39, 0.29) is 17.9 Å². The first-order valence-electron chi connectivity index (χ1n) is 6.55. The maximum absolute atomic E-state index is 12.3. The summed E-state index contributed by atoms with van der Waals surface area (Å²) >= 11 is 3.38. The van der Waals surface area contributed by atoms with Crippen LogP contribution in [0.5, 0.6) is 0 Å². The van der Waals surface area contributed by atoms with Gasteiger partial charge in [-0.05, 0) is 36.2 Å². The number of hydrogen-bond donors (Lipinski definition) is 1. The third kappa shape index (κ3) is 3.67. The van der Waals surface area contributed by atoms with E-state index in [0.717, 1.165) is 10.2 Å². The van der Waals surface area contributed by atoms with Crippen molar-refractivity contribution in [1.82, 2.24) is 10.3 Å². The topological polar surface area (TPSA) is 42.0 Å². The predicted octanol–water partition coefficient (Wildman–Crippen LogP) is 3.97. The van der Waals surface area contributed by atoms with Crippen LogP contribution in [0.2, 0.25) is 0 Å². The van der Waals surface area contributed by atoms with E-state index in [1.165, 1.54) is 0 Å². The van der Waals surface area contributed by atoms with Crippen LogP contribution in [0.3, 0.4) is 0 Å². The van der Waals surface area contributed by atoms with Crippen molar-refractivity contribution in [3.05, 3.63) is 64.4 Å². The van der Waals surface area contributed by atoms with Crippen LogP contribution in [0.4, 0.5) is 0 Å². The SMILES string of the molecule is CC(C)C(NC(=O)c1cccc(Br)c1)c1ccccn1. The highest BCUT2D eigenvalue weighted by Crippen LogP contribution is 2.20. The molecule has 1 aromatic heterocycles. The van der Waals surface area contributed by atoms with Crippen LogP contribution in [-0.4, -0.2) is 10.9 Å². The van der Waals surface area contributed by atoms with Gasteiger partial charge in [0.05, 0.1) is 11.7 Å². The van der Waals surface area contributed by atoms with Gasteiger partial charge >= 0.3 is 0 Å². The van der Waals surface area contributed by atoms with E-state index in [1.54, 1.807) is 12.3 Å². The van der Waals surface area contributed by atoms with Crippen molar-refractivity contribution in [3.63, 3.8) is 0 Å². The predicted molar refractivity (Wildman–Crippen MR) is 83.4 cm³/mol. The number of pyridine rings is 1. The summed E-state index contributed by atoms with van der Waals surface area (Å²) in [5, 5.41) is 3.05. The maximum Gasteiger partial charge on any atom is 0.251 e. The summed E-state index contributed by atoms with van der Waals surface area (Å²) in [6.07, 6.45) is 1.75. The second-order valence-corrected chi connectivity index (χ2v) is 5.88. The van der Waals surface area contributed by atoms with E-state index in [0.29, 0.717) is 5.56 Å².